The fourth-order valence-corrected chi connectivity index (χ4v) is 2.11. The predicted octanol–water partition coefficient (Wildman–Crippen LogP) is 3.01. The molecule has 0 fully saturated rings. The molecular weight excluding hydrogens is 291 g/mol. The lowest BCUT2D eigenvalue weighted by atomic mass is 10.2. The zero-order valence-corrected chi connectivity index (χ0v) is 11.7. The molecule has 0 saturated carbocycles. The highest BCUT2D eigenvalue weighted by atomic mass is 35.5. The van der Waals surface area contributed by atoms with Crippen LogP contribution in [0.3, 0.4) is 0 Å². The van der Waals surface area contributed by atoms with Crippen LogP contribution in [0, 0.1) is 0 Å². The summed E-state index contributed by atoms with van der Waals surface area (Å²) in [5, 5.41) is 13.8. The largest absolute Gasteiger partial charge is 0.484 e. The van der Waals surface area contributed by atoms with Crippen molar-refractivity contribution in [3.05, 3.63) is 39.5 Å². The molecule has 0 atom stereocenters. The molecule has 2 rings (SSSR count). The molecule has 1 heterocycles. The van der Waals surface area contributed by atoms with Gasteiger partial charge in [0.05, 0.1) is 11.6 Å². The second-order valence-electron chi connectivity index (χ2n) is 3.78. The van der Waals surface area contributed by atoms with Gasteiger partial charge >= 0.3 is 0 Å². The van der Waals surface area contributed by atoms with E-state index >= 15 is 0 Å². The van der Waals surface area contributed by atoms with Gasteiger partial charge in [-0.15, -0.1) is 0 Å². The minimum Gasteiger partial charge on any atom is -0.484 e. The fourth-order valence-electron chi connectivity index (χ4n) is 1.52. The number of benzene rings is 1. The Morgan fingerprint density at radius 1 is 1.37 bits per heavy atom. The molecule has 0 aliphatic carbocycles. The summed E-state index contributed by atoms with van der Waals surface area (Å²) in [5.41, 5.74) is 0.511. The van der Waals surface area contributed by atoms with Crippen molar-refractivity contribution in [1.82, 2.24) is 10.1 Å². The molecule has 0 saturated heterocycles. The second-order valence-corrected chi connectivity index (χ2v) is 4.62. The molecule has 0 bridgehead atoms. The summed E-state index contributed by atoms with van der Waals surface area (Å²) in [7, 11) is 0. The van der Waals surface area contributed by atoms with E-state index in [-0.39, 0.29) is 13.2 Å². The van der Waals surface area contributed by atoms with Crippen LogP contribution in [0.2, 0.25) is 10.0 Å². The average molecular weight is 303 g/mol. The van der Waals surface area contributed by atoms with E-state index in [1.54, 1.807) is 12.1 Å². The van der Waals surface area contributed by atoms with Crippen molar-refractivity contribution in [2.75, 3.05) is 0 Å². The highest BCUT2D eigenvalue weighted by Gasteiger charge is 2.12. The van der Waals surface area contributed by atoms with Gasteiger partial charge in [0, 0.05) is 17.0 Å². The molecule has 0 aliphatic rings. The van der Waals surface area contributed by atoms with Crippen LogP contribution in [0.1, 0.15) is 24.2 Å². The maximum absolute atomic E-state index is 9.26. The predicted molar refractivity (Wildman–Crippen MR) is 70.4 cm³/mol. The van der Waals surface area contributed by atoms with Crippen LogP contribution in [0.15, 0.2) is 16.7 Å². The molecule has 2 aromatic rings. The van der Waals surface area contributed by atoms with Gasteiger partial charge < -0.3 is 14.4 Å². The van der Waals surface area contributed by atoms with E-state index in [9.17, 15) is 5.11 Å². The van der Waals surface area contributed by atoms with Gasteiger partial charge in [-0.05, 0) is 12.1 Å². The third-order valence-electron chi connectivity index (χ3n) is 2.41. The monoisotopic (exact) mass is 302 g/mol. The Kier molecular flexibility index (Phi) is 4.63. The number of aryl methyl sites for hydroxylation is 1. The van der Waals surface area contributed by atoms with E-state index in [1.165, 1.54) is 0 Å². The van der Waals surface area contributed by atoms with Crippen molar-refractivity contribution in [2.45, 2.75) is 26.6 Å². The molecule has 0 spiro atoms. The molecule has 1 aromatic heterocycles. The fraction of sp³-hybridized carbons (Fsp3) is 0.333. The molecule has 19 heavy (non-hydrogen) atoms. The quantitative estimate of drug-likeness (QED) is 0.919. The smallest absolute Gasteiger partial charge is 0.226 e. The Bertz CT molecular complexity index is 572. The molecule has 0 aliphatic heterocycles. The Labute approximate surface area is 120 Å². The Hall–Kier alpha value is -1.30. The standard InChI is InChI=1S/C12H12Cl2N2O3/c1-2-11-15-10(16-19-11)6-18-12-7(5-17)3-8(13)4-9(12)14/h3-4,17H,2,5-6H2,1H3. The number of nitrogens with zero attached hydrogens (tertiary/aromatic N) is 2. The topological polar surface area (TPSA) is 68.4 Å². The zero-order valence-electron chi connectivity index (χ0n) is 10.2. The van der Waals surface area contributed by atoms with E-state index in [4.69, 9.17) is 32.5 Å². The van der Waals surface area contributed by atoms with Crippen molar-refractivity contribution in [1.29, 1.82) is 0 Å². The highest BCUT2D eigenvalue weighted by Crippen LogP contribution is 2.32. The number of aromatic nitrogens is 2. The van der Waals surface area contributed by atoms with Crippen LogP contribution in [0.5, 0.6) is 5.75 Å². The summed E-state index contributed by atoms with van der Waals surface area (Å²) in [4.78, 5) is 4.11. The minimum absolute atomic E-state index is 0.109. The maximum atomic E-state index is 9.26. The third-order valence-corrected chi connectivity index (χ3v) is 2.91. The van der Waals surface area contributed by atoms with Gasteiger partial charge in [0.2, 0.25) is 11.7 Å². The molecule has 0 unspecified atom stereocenters. The molecule has 0 radical (unpaired) electrons. The van der Waals surface area contributed by atoms with Crippen molar-refractivity contribution < 1.29 is 14.4 Å². The van der Waals surface area contributed by atoms with Crippen molar-refractivity contribution in [3.8, 4) is 5.75 Å². The van der Waals surface area contributed by atoms with Crippen LogP contribution in [0.4, 0.5) is 0 Å². The van der Waals surface area contributed by atoms with Gasteiger partial charge in [0.1, 0.15) is 5.75 Å². The number of hydrogen-bond acceptors (Lipinski definition) is 5. The lowest BCUT2D eigenvalue weighted by molar-refractivity contribution is 0.253. The van der Waals surface area contributed by atoms with E-state index in [0.29, 0.717) is 39.5 Å². The first-order valence-corrected chi connectivity index (χ1v) is 6.42. The minimum atomic E-state index is -0.220. The summed E-state index contributed by atoms with van der Waals surface area (Å²) in [5.74, 6) is 1.34. The van der Waals surface area contributed by atoms with Crippen molar-refractivity contribution in [3.63, 3.8) is 0 Å². The second kappa shape index (κ2) is 6.23. The number of rotatable bonds is 5. The summed E-state index contributed by atoms with van der Waals surface area (Å²) in [6, 6.07) is 3.14. The van der Waals surface area contributed by atoms with Crippen LogP contribution >= 0.6 is 23.2 Å². The van der Waals surface area contributed by atoms with E-state index < -0.39 is 0 Å². The Balaban J connectivity index is 2.14. The van der Waals surface area contributed by atoms with Gasteiger partial charge in [0.25, 0.3) is 0 Å². The first-order valence-electron chi connectivity index (χ1n) is 5.67. The molecule has 0 amide bonds. The normalized spacial score (nSPS) is 10.7. The van der Waals surface area contributed by atoms with Crippen molar-refractivity contribution in [2.24, 2.45) is 0 Å². The van der Waals surface area contributed by atoms with Crippen LogP contribution in [0.25, 0.3) is 0 Å². The molecule has 102 valence electrons. The van der Waals surface area contributed by atoms with Gasteiger partial charge in [-0.3, -0.25) is 0 Å². The maximum Gasteiger partial charge on any atom is 0.226 e. The average Bonchev–Trinajstić information content (AvgIpc) is 2.84. The third kappa shape index (κ3) is 3.37. The molecule has 1 aromatic carbocycles. The summed E-state index contributed by atoms with van der Waals surface area (Å²) < 4.78 is 10.5. The Morgan fingerprint density at radius 3 is 2.79 bits per heavy atom. The highest BCUT2D eigenvalue weighted by molar-refractivity contribution is 6.35. The van der Waals surface area contributed by atoms with E-state index in [1.807, 2.05) is 6.92 Å². The number of hydrogen-bond donors (Lipinski definition) is 1. The lowest BCUT2D eigenvalue weighted by Gasteiger charge is -2.10. The van der Waals surface area contributed by atoms with Gasteiger partial charge in [-0.1, -0.05) is 35.3 Å². The van der Waals surface area contributed by atoms with Crippen LogP contribution < -0.4 is 4.74 Å². The van der Waals surface area contributed by atoms with Crippen molar-refractivity contribution >= 4 is 23.2 Å². The number of aliphatic hydroxyl groups excluding tert-OH is 1. The number of ether oxygens (including phenoxy) is 1. The lowest BCUT2D eigenvalue weighted by Crippen LogP contribution is -2.01. The van der Waals surface area contributed by atoms with Gasteiger partial charge in [-0.25, -0.2) is 0 Å². The summed E-state index contributed by atoms with van der Waals surface area (Å²) >= 11 is 11.9. The molecule has 1 N–H and O–H groups in total. The zero-order chi connectivity index (χ0) is 13.8. The van der Waals surface area contributed by atoms with Crippen LogP contribution in [-0.2, 0) is 19.6 Å². The Morgan fingerprint density at radius 2 is 2.16 bits per heavy atom. The number of aliphatic hydroxyl groups is 1. The van der Waals surface area contributed by atoms with E-state index in [0.717, 1.165) is 0 Å². The molecule has 7 heteroatoms. The number of halogens is 2. The molecule has 5 nitrogen and oxygen atoms in total. The first kappa shape index (κ1) is 14.1. The summed E-state index contributed by atoms with van der Waals surface area (Å²) in [6.07, 6.45) is 0.663. The van der Waals surface area contributed by atoms with Gasteiger partial charge in [0.15, 0.2) is 6.61 Å². The molecular formula is C12H12Cl2N2O3. The first-order chi connectivity index (χ1) is 9.13. The van der Waals surface area contributed by atoms with Gasteiger partial charge in [-0.2, -0.15) is 4.98 Å². The van der Waals surface area contributed by atoms with Crippen LogP contribution in [-0.4, -0.2) is 15.2 Å². The SMILES string of the molecule is CCc1nc(COc2c(Cl)cc(Cl)cc2CO)no1. The van der Waals surface area contributed by atoms with E-state index in [2.05, 4.69) is 10.1 Å². The summed E-state index contributed by atoms with van der Waals surface area (Å²) in [6.45, 7) is 1.80.